The lowest BCUT2D eigenvalue weighted by molar-refractivity contribution is 0.0946. The summed E-state index contributed by atoms with van der Waals surface area (Å²) in [7, 11) is 0. The third kappa shape index (κ3) is 4.41. The molecule has 2 heterocycles. The monoisotopic (exact) mass is 485 g/mol. The summed E-state index contributed by atoms with van der Waals surface area (Å²) in [5.41, 5.74) is 1.41. The van der Waals surface area contributed by atoms with Crippen molar-refractivity contribution >= 4 is 40.6 Å². The molecule has 0 saturated heterocycles. The van der Waals surface area contributed by atoms with Gasteiger partial charge in [-0.2, -0.15) is 0 Å². The minimum atomic E-state index is -0.393. The van der Waals surface area contributed by atoms with Gasteiger partial charge in [0.2, 0.25) is 0 Å². The highest BCUT2D eigenvalue weighted by atomic mass is 35.5. The number of rotatable bonds is 7. The van der Waals surface area contributed by atoms with Crippen molar-refractivity contribution in [2.24, 2.45) is 0 Å². The Kier molecular flexibility index (Phi) is 5.95. The summed E-state index contributed by atoms with van der Waals surface area (Å²) >= 11 is 9.17. The molecular formula is C22H17ClFN5OS2. The predicted octanol–water partition coefficient (Wildman–Crippen LogP) is 5.37. The van der Waals surface area contributed by atoms with Crippen molar-refractivity contribution in [3.05, 3.63) is 75.5 Å². The first kappa shape index (κ1) is 21.1. The molecule has 0 aliphatic heterocycles. The van der Waals surface area contributed by atoms with Gasteiger partial charge in [-0.25, -0.2) is 9.37 Å². The molecule has 1 saturated carbocycles. The Morgan fingerprint density at radius 1 is 1.19 bits per heavy atom. The van der Waals surface area contributed by atoms with Crippen molar-refractivity contribution in [2.45, 2.75) is 29.8 Å². The van der Waals surface area contributed by atoms with E-state index in [0.29, 0.717) is 38.7 Å². The van der Waals surface area contributed by atoms with Crippen LogP contribution in [-0.2, 0) is 5.75 Å². The number of hydrogen-bond acceptors (Lipinski definition) is 6. The molecule has 1 N–H and O–H groups in total. The van der Waals surface area contributed by atoms with Gasteiger partial charge in [0.1, 0.15) is 16.5 Å². The Hall–Kier alpha value is -2.75. The highest BCUT2D eigenvalue weighted by molar-refractivity contribution is 7.98. The number of thioether (sulfide) groups is 1. The van der Waals surface area contributed by atoms with Gasteiger partial charge in [-0.1, -0.05) is 47.6 Å². The number of benzene rings is 2. The number of amides is 1. The third-order valence-electron chi connectivity index (χ3n) is 4.86. The summed E-state index contributed by atoms with van der Waals surface area (Å²) in [5.74, 6) is 0.384. The van der Waals surface area contributed by atoms with Crippen LogP contribution in [0.4, 0.5) is 4.39 Å². The quantitative estimate of drug-likeness (QED) is 0.356. The fourth-order valence-corrected chi connectivity index (χ4v) is 5.08. The van der Waals surface area contributed by atoms with Gasteiger partial charge in [-0.05, 0) is 37.1 Å². The van der Waals surface area contributed by atoms with E-state index >= 15 is 0 Å². The first-order valence-electron chi connectivity index (χ1n) is 9.93. The zero-order valence-corrected chi connectivity index (χ0v) is 19.1. The van der Waals surface area contributed by atoms with Crippen LogP contribution in [-0.4, -0.2) is 31.7 Å². The van der Waals surface area contributed by atoms with Gasteiger partial charge in [-0.3, -0.25) is 9.36 Å². The van der Waals surface area contributed by atoms with Crippen molar-refractivity contribution in [1.82, 2.24) is 25.1 Å². The molecule has 0 bridgehead atoms. The SMILES string of the molecule is O=C(NC1CC1)c1csc(CSc2nnc(-c3ccccc3Cl)n2-c2ccccc2F)n1. The average molecular weight is 486 g/mol. The summed E-state index contributed by atoms with van der Waals surface area (Å²) < 4.78 is 16.4. The van der Waals surface area contributed by atoms with Crippen LogP contribution >= 0.6 is 34.7 Å². The number of para-hydroxylation sites is 1. The zero-order valence-electron chi connectivity index (χ0n) is 16.7. The lowest BCUT2D eigenvalue weighted by Gasteiger charge is -2.11. The number of nitrogens with one attached hydrogen (secondary N) is 1. The normalized spacial score (nSPS) is 13.3. The van der Waals surface area contributed by atoms with E-state index in [1.807, 2.05) is 18.2 Å². The number of carbonyl (C=O) groups is 1. The van der Waals surface area contributed by atoms with Crippen molar-refractivity contribution in [1.29, 1.82) is 0 Å². The van der Waals surface area contributed by atoms with Gasteiger partial charge in [0.05, 0.1) is 16.5 Å². The van der Waals surface area contributed by atoms with Gasteiger partial charge < -0.3 is 5.32 Å². The van der Waals surface area contributed by atoms with Crippen LogP contribution in [0.2, 0.25) is 5.02 Å². The molecule has 1 amide bonds. The lowest BCUT2D eigenvalue weighted by Crippen LogP contribution is -2.25. The largest absolute Gasteiger partial charge is 0.348 e. The Bertz CT molecular complexity index is 1290. The fourth-order valence-electron chi connectivity index (χ4n) is 3.13. The van der Waals surface area contributed by atoms with Crippen LogP contribution < -0.4 is 5.32 Å². The molecule has 1 fully saturated rings. The Morgan fingerprint density at radius 3 is 2.75 bits per heavy atom. The molecule has 162 valence electrons. The number of nitrogens with zero attached hydrogens (tertiary/aromatic N) is 4. The Balaban J connectivity index is 1.44. The first-order chi connectivity index (χ1) is 15.6. The van der Waals surface area contributed by atoms with Crippen LogP contribution in [0.5, 0.6) is 0 Å². The molecular weight excluding hydrogens is 469 g/mol. The van der Waals surface area contributed by atoms with Crippen molar-refractivity contribution in [2.75, 3.05) is 0 Å². The van der Waals surface area contributed by atoms with Gasteiger partial charge >= 0.3 is 0 Å². The van der Waals surface area contributed by atoms with E-state index in [9.17, 15) is 9.18 Å². The number of hydrogen-bond donors (Lipinski definition) is 1. The fraction of sp³-hybridized carbons (Fsp3) is 0.182. The average Bonchev–Trinajstić information content (AvgIpc) is 3.31. The van der Waals surface area contributed by atoms with E-state index < -0.39 is 5.82 Å². The van der Waals surface area contributed by atoms with Crippen LogP contribution in [0.15, 0.2) is 59.1 Å². The molecule has 4 aromatic rings. The number of carbonyl (C=O) groups excluding carboxylic acids is 1. The molecule has 2 aromatic heterocycles. The highest BCUT2D eigenvalue weighted by Gasteiger charge is 2.25. The van der Waals surface area contributed by atoms with Crippen molar-refractivity contribution < 1.29 is 9.18 Å². The molecule has 0 atom stereocenters. The van der Waals surface area contributed by atoms with E-state index in [2.05, 4.69) is 20.5 Å². The molecule has 32 heavy (non-hydrogen) atoms. The van der Waals surface area contributed by atoms with Crippen molar-refractivity contribution in [3.8, 4) is 17.1 Å². The molecule has 0 radical (unpaired) electrons. The van der Waals surface area contributed by atoms with Crippen LogP contribution in [0, 0.1) is 5.82 Å². The second-order valence-corrected chi connectivity index (χ2v) is 9.53. The molecule has 0 spiro atoms. The maximum atomic E-state index is 14.7. The number of aromatic nitrogens is 4. The lowest BCUT2D eigenvalue weighted by atomic mass is 10.2. The van der Waals surface area contributed by atoms with E-state index in [0.717, 1.165) is 17.8 Å². The zero-order chi connectivity index (χ0) is 22.1. The third-order valence-corrected chi connectivity index (χ3v) is 7.16. The predicted molar refractivity (Wildman–Crippen MR) is 124 cm³/mol. The van der Waals surface area contributed by atoms with E-state index in [1.54, 1.807) is 34.2 Å². The molecule has 10 heteroatoms. The van der Waals surface area contributed by atoms with E-state index in [-0.39, 0.29) is 11.9 Å². The van der Waals surface area contributed by atoms with E-state index in [4.69, 9.17) is 11.6 Å². The van der Waals surface area contributed by atoms with Crippen LogP contribution in [0.3, 0.4) is 0 Å². The molecule has 6 nitrogen and oxygen atoms in total. The molecule has 2 aromatic carbocycles. The highest BCUT2D eigenvalue weighted by Crippen LogP contribution is 2.34. The van der Waals surface area contributed by atoms with Gasteiger partial charge in [-0.15, -0.1) is 21.5 Å². The maximum absolute atomic E-state index is 14.7. The molecule has 1 aliphatic carbocycles. The molecule has 1 aliphatic rings. The van der Waals surface area contributed by atoms with Crippen molar-refractivity contribution in [3.63, 3.8) is 0 Å². The minimum Gasteiger partial charge on any atom is -0.348 e. The smallest absolute Gasteiger partial charge is 0.270 e. The minimum absolute atomic E-state index is 0.143. The number of thiazole rings is 1. The summed E-state index contributed by atoms with van der Waals surface area (Å²) in [5, 5.41) is 15.1. The molecule has 5 rings (SSSR count). The summed E-state index contributed by atoms with van der Waals surface area (Å²) in [4.78, 5) is 16.6. The van der Waals surface area contributed by atoms with E-state index in [1.165, 1.54) is 29.2 Å². The van der Waals surface area contributed by atoms with Gasteiger partial charge in [0.15, 0.2) is 11.0 Å². The van der Waals surface area contributed by atoms with Crippen LogP contribution in [0.25, 0.3) is 17.1 Å². The number of halogens is 2. The van der Waals surface area contributed by atoms with Gasteiger partial charge in [0, 0.05) is 17.0 Å². The Morgan fingerprint density at radius 2 is 1.97 bits per heavy atom. The topological polar surface area (TPSA) is 72.7 Å². The maximum Gasteiger partial charge on any atom is 0.270 e. The van der Waals surface area contributed by atoms with Gasteiger partial charge in [0.25, 0.3) is 5.91 Å². The summed E-state index contributed by atoms with van der Waals surface area (Å²) in [6.45, 7) is 0. The second-order valence-electron chi connectivity index (χ2n) is 7.24. The first-order valence-corrected chi connectivity index (χ1v) is 12.2. The van der Waals surface area contributed by atoms with Crippen LogP contribution in [0.1, 0.15) is 28.3 Å². The summed E-state index contributed by atoms with van der Waals surface area (Å²) in [6, 6.07) is 14.0. The molecule has 0 unspecified atom stereocenters. The standard InChI is InChI=1S/C22H17ClFN5OS2/c23-15-6-2-1-5-14(15)20-27-28-22(29(20)18-8-4-3-7-16(18)24)32-12-19-26-17(11-31-19)21(30)25-13-9-10-13/h1-8,11,13H,9-10,12H2,(H,25,30). The second kappa shape index (κ2) is 9.01. The summed E-state index contributed by atoms with van der Waals surface area (Å²) in [6.07, 6.45) is 2.05. The Labute approximate surface area is 196 Å².